The Kier molecular flexibility index (Phi) is 7.70. The maximum Gasteiger partial charge on any atom is 0.333 e. The number of anilines is 5. The fourth-order valence-corrected chi connectivity index (χ4v) is 10.1. The van der Waals surface area contributed by atoms with Gasteiger partial charge >= 0.3 is 6.85 Å². The van der Waals surface area contributed by atoms with Crippen LogP contribution in [0, 0.1) is 0 Å². The van der Waals surface area contributed by atoms with Gasteiger partial charge in [-0.2, -0.15) is 0 Å². The third-order valence-electron chi connectivity index (χ3n) is 13.0. The molecule has 0 fully saturated rings. The molecule has 288 valence electrons. The van der Waals surface area contributed by atoms with Crippen LogP contribution in [0.3, 0.4) is 0 Å². The van der Waals surface area contributed by atoms with Crippen molar-refractivity contribution in [3.63, 3.8) is 0 Å². The minimum atomic E-state index is -0.188. The molecular formula is C58H37BN2O. The second kappa shape index (κ2) is 13.7. The molecule has 2 aliphatic rings. The average molecular weight is 789 g/mol. The van der Waals surface area contributed by atoms with Crippen molar-refractivity contribution >= 4 is 78.9 Å². The first-order valence-electron chi connectivity index (χ1n) is 21.4. The van der Waals surface area contributed by atoms with E-state index in [1.165, 1.54) is 71.9 Å². The van der Waals surface area contributed by atoms with E-state index in [0.29, 0.717) is 0 Å². The van der Waals surface area contributed by atoms with E-state index in [9.17, 15) is 0 Å². The zero-order valence-corrected chi connectivity index (χ0v) is 33.7. The summed E-state index contributed by atoms with van der Waals surface area (Å²) in [4.78, 5) is 5.07. The van der Waals surface area contributed by atoms with E-state index in [2.05, 4.69) is 234 Å². The van der Waals surface area contributed by atoms with Crippen LogP contribution < -0.4 is 20.6 Å². The minimum absolute atomic E-state index is 0.188. The summed E-state index contributed by atoms with van der Waals surface area (Å²) < 4.78 is 7.08. The van der Waals surface area contributed by atoms with E-state index >= 15 is 0 Å². The third-order valence-corrected chi connectivity index (χ3v) is 13.0. The molecule has 0 bridgehead atoms. The highest BCUT2D eigenvalue weighted by molar-refractivity contribution is 6.94. The molecule has 2 aliphatic heterocycles. The summed E-state index contributed by atoms with van der Waals surface area (Å²) in [6.45, 7) is -0.188. The van der Waals surface area contributed by atoms with E-state index in [4.69, 9.17) is 4.42 Å². The Labute approximate surface area is 360 Å². The lowest BCUT2D eigenvalue weighted by Crippen LogP contribution is -2.61. The van der Waals surface area contributed by atoms with Crippen molar-refractivity contribution in [2.45, 2.75) is 0 Å². The van der Waals surface area contributed by atoms with Gasteiger partial charge in [-0.1, -0.05) is 170 Å². The van der Waals surface area contributed by atoms with Gasteiger partial charge in [0, 0.05) is 39.1 Å². The molecule has 0 atom stereocenters. The van der Waals surface area contributed by atoms with Crippen LogP contribution in [0.2, 0.25) is 0 Å². The smallest absolute Gasteiger partial charge is 0.333 e. The highest BCUT2D eigenvalue weighted by Gasteiger charge is 2.47. The highest BCUT2D eigenvalue weighted by atomic mass is 16.3. The number of benzene rings is 10. The van der Waals surface area contributed by atoms with Gasteiger partial charge in [-0.3, -0.25) is 0 Å². The van der Waals surface area contributed by atoms with E-state index in [0.717, 1.165) is 44.7 Å². The largest absolute Gasteiger partial charge is 0.454 e. The lowest BCUT2D eigenvalue weighted by atomic mass is 9.43. The Morgan fingerprint density at radius 3 is 1.56 bits per heavy atom. The van der Waals surface area contributed by atoms with Crippen molar-refractivity contribution in [3.8, 4) is 44.5 Å². The van der Waals surface area contributed by atoms with Gasteiger partial charge in [-0.15, -0.1) is 0 Å². The highest BCUT2D eigenvalue weighted by Crippen LogP contribution is 2.51. The second-order valence-corrected chi connectivity index (χ2v) is 16.5. The SMILES string of the molecule is c1ccc(-c2ccc(N3B4c5cc(-c6ccccc6)ccc5N(c5ccc(-c6ccccc6)cc5)c5c4c(cc4c5oc5ccccc54)-c4cc5ccccc5cc43)cc2)cc1. The van der Waals surface area contributed by atoms with Crippen molar-refractivity contribution in [3.05, 3.63) is 224 Å². The van der Waals surface area contributed by atoms with Crippen molar-refractivity contribution < 1.29 is 4.42 Å². The molecule has 10 aromatic carbocycles. The number of rotatable bonds is 5. The maximum absolute atomic E-state index is 7.08. The fraction of sp³-hybridized carbons (Fsp3) is 0. The zero-order chi connectivity index (χ0) is 40.7. The third kappa shape index (κ3) is 5.33. The normalized spacial score (nSPS) is 12.7. The molecule has 0 radical (unpaired) electrons. The van der Waals surface area contributed by atoms with Gasteiger partial charge in [-0.25, -0.2) is 0 Å². The van der Waals surface area contributed by atoms with E-state index in [1.54, 1.807) is 0 Å². The zero-order valence-electron chi connectivity index (χ0n) is 33.7. The van der Waals surface area contributed by atoms with Gasteiger partial charge in [0.05, 0.1) is 5.69 Å². The predicted octanol–water partition coefficient (Wildman–Crippen LogP) is 14.4. The summed E-state index contributed by atoms with van der Waals surface area (Å²) >= 11 is 0. The number of fused-ring (bicyclic) bond motifs is 9. The Balaban J connectivity index is 1.15. The van der Waals surface area contributed by atoms with Crippen LogP contribution in [-0.4, -0.2) is 6.85 Å². The fourth-order valence-electron chi connectivity index (χ4n) is 10.1. The first-order chi connectivity index (χ1) is 30.7. The van der Waals surface area contributed by atoms with Crippen molar-refractivity contribution in [2.75, 3.05) is 9.71 Å². The molecule has 0 aliphatic carbocycles. The molecule has 11 aromatic rings. The number of para-hydroxylation sites is 1. The van der Waals surface area contributed by atoms with Gasteiger partial charge in [-0.05, 0) is 115 Å². The molecule has 0 spiro atoms. The lowest BCUT2D eigenvalue weighted by Gasteiger charge is -2.46. The van der Waals surface area contributed by atoms with E-state index in [-0.39, 0.29) is 6.85 Å². The van der Waals surface area contributed by atoms with Crippen LogP contribution in [0.15, 0.2) is 229 Å². The lowest BCUT2D eigenvalue weighted by molar-refractivity contribution is 0.669. The Morgan fingerprint density at radius 2 is 0.903 bits per heavy atom. The molecule has 0 amide bonds. The molecule has 0 N–H and O–H groups in total. The van der Waals surface area contributed by atoms with Crippen LogP contribution >= 0.6 is 0 Å². The molecule has 3 heterocycles. The minimum Gasteiger partial charge on any atom is -0.454 e. The molecule has 0 saturated heterocycles. The van der Waals surface area contributed by atoms with Crippen LogP contribution in [0.25, 0.3) is 77.2 Å². The molecule has 62 heavy (non-hydrogen) atoms. The quantitative estimate of drug-likeness (QED) is 0.162. The summed E-state index contributed by atoms with van der Waals surface area (Å²) in [5.74, 6) is 0. The van der Waals surface area contributed by atoms with E-state index in [1.807, 2.05) is 0 Å². The van der Waals surface area contributed by atoms with Crippen LogP contribution in [0.5, 0.6) is 0 Å². The van der Waals surface area contributed by atoms with Crippen molar-refractivity contribution in [2.24, 2.45) is 0 Å². The van der Waals surface area contributed by atoms with Crippen LogP contribution in [0.1, 0.15) is 0 Å². The summed E-state index contributed by atoms with van der Waals surface area (Å²) in [5, 5.41) is 4.66. The second-order valence-electron chi connectivity index (χ2n) is 16.5. The first-order valence-corrected chi connectivity index (χ1v) is 21.4. The molecule has 3 nitrogen and oxygen atoms in total. The number of furan rings is 1. The van der Waals surface area contributed by atoms with Gasteiger partial charge < -0.3 is 14.1 Å². The summed E-state index contributed by atoms with van der Waals surface area (Å²) in [7, 11) is 0. The van der Waals surface area contributed by atoms with Gasteiger partial charge in [0.15, 0.2) is 5.58 Å². The van der Waals surface area contributed by atoms with Crippen LogP contribution in [-0.2, 0) is 0 Å². The topological polar surface area (TPSA) is 19.6 Å². The molecule has 13 rings (SSSR count). The summed E-state index contributed by atoms with van der Waals surface area (Å²) in [5.41, 5.74) is 19.4. The van der Waals surface area contributed by atoms with Crippen LogP contribution in [0.4, 0.5) is 28.4 Å². The van der Waals surface area contributed by atoms with Gasteiger partial charge in [0.1, 0.15) is 5.58 Å². The molecule has 0 unspecified atom stereocenters. The molecular weight excluding hydrogens is 751 g/mol. The first kappa shape index (κ1) is 34.8. The predicted molar refractivity (Wildman–Crippen MR) is 261 cm³/mol. The molecule has 0 saturated carbocycles. The number of hydrogen-bond donors (Lipinski definition) is 0. The Hall–Kier alpha value is -8.08. The Bertz CT molecular complexity index is 3510. The summed E-state index contributed by atoms with van der Waals surface area (Å²) in [6, 6.07) is 81.8. The molecule has 4 heteroatoms. The summed E-state index contributed by atoms with van der Waals surface area (Å²) in [6.07, 6.45) is 0. The van der Waals surface area contributed by atoms with Crippen molar-refractivity contribution in [1.29, 1.82) is 0 Å². The van der Waals surface area contributed by atoms with Gasteiger partial charge in [0.25, 0.3) is 0 Å². The Morgan fingerprint density at radius 1 is 0.371 bits per heavy atom. The number of nitrogens with zero attached hydrogens (tertiary/aromatic N) is 2. The maximum atomic E-state index is 7.08. The van der Waals surface area contributed by atoms with Crippen molar-refractivity contribution in [1.82, 2.24) is 0 Å². The average Bonchev–Trinajstić information content (AvgIpc) is 3.73. The van der Waals surface area contributed by atoms with Gasteiger partial charge in [0.2, 0.25) is 0 Å². The van der Waals surface area contributed by atoms with E-state index < -0.39 is 0 Å². The number of hydrogen-bond acceptors (Lipinski definition) is 3. The molecule has 1 aromatic heterocycles. The monoisotopic (exact) mass is 788 g/mol. The standard InChI is InChI=1S/C58H37BN2O/c1-4-14-38(15-5-1)41-24-29-46(30-25-41)60-53-33-28-45(40-18-8-3-9-19-40)35-52(53)59-56-50(37-51-48-22-12-13-23-55(48)62-58(51)57(56)60)49-34-43-20-10-11-21-44(43)36-54(49)61(59)47-31-26-42(27-32-47)39-16-6-2-7-17-39/h1-37H.